The first kappa shape index (κ1) is 13.6. The van der Waals surface area contributed by atoms with E-state index in [0.29, 0.717) is 17.2 Å². The highest BCUT2D eigenvalue weighted by Gasteiger charge is 2.11. The molecule has 0 aliphatic rings. The Bertz CT molecular complexity index is 316. The van der Waals surface area contributed by atoms with Gasteiger partial charge in [0.25, 0.3) is 0 Å². The molecule has 0 heterocycles. The van der Waals surface area contributed by atoms with Crippen LogP contribution in [-0.4, -0.2) is 4.83 Å². The largest absolute Gasteiger partial charge is 0.207 e. The van der Waals surface area contributed by atoms with Crippen molar-refractivity contribution < 1.29 is 8.78 Å². The molecule has 0 spiro atoms. The minimum Gasteiger partial charge on any atom is -0.207 e. The normalized spacial score (nSPS) is 13.1. The Kier molecular flexibility index (Phi) is 5.39. The molecule has 0 aliphatic carbocycles. The fourth-order valence-corrected chi connectivity index (χ4v) is 1.90. The van der Waals surface area contributed by atoms with Crippen molar-refractivity contribution in [3.8, 4) is 0 Å². The summed E-state index contributed by atoms with van der Waals surface area (Å²) in [6.07, 6.45) is 2.20. The van der Waals surface area contributed by atoms with Crippen LogP contribution in [0.25, 0.3) is 0 Å². The van der Waals surface area contributed by atoms with Gasteiger partial charge in [0.05, 0.1) is 0 Å². The molecule has 1 rings (SSSR count). The Hall–Kier alpha value is -0.440. The molecule has 0 saturated heterocycles. The Morgan fingerprint density at radius 3 is 2.25 bits per heavy atom. The van der Waals surface area contributed by atoms with E-state index < -0.39 is 11.6 Å². The zero-order chi connectivity index (χ0) is 12.1. The molecule has 1 aromatic rings. The van der Waals surface area contributed by atoms with Crippen LogP contribution in [0.1, 0.15) is 32.3 Å². The maximum absolute atomic E-state index is 13.3. The second-order valence-corrected chi connectivity index (χ2v) is 5.53. The van der Waals surface area contributed by atoms with Crippen molar-refractivity contribution >= 4 is 15.9 Å². The van der Waals surface area contributed by atoms with Crippen LogP contribution in [0.2, 0.25) is 0 Å². The molecule has 0 aromatic heterocycles. The lowest BCUT2D eigenvalue weighted by Gasteiger charge is -2.13. The van der Waals surface area contributed by atoms with E-state index in [9.17, 15) is 8.78 Å². The maximum Gasteiger partial charge on any atom is 0.129 e. The molecule has 3 heteroatoms. The van der Waals surface area contributed by atoms with Gasteiger partial charge in [-0.25, -0.2) is 8.78 Å². The van der Waals surface area contributed by atoms with Crippen molar-refractivity contribution in [2.45, 2.75) is 37.9 Å². The van der Waals surface area contributed by atoms with Crippen LogP contribution in [0.3, 0.4) is 0 Å². The summed E-state index contributed by atoms with van der Waals surface area (Å²) in [5, 5.41) is 0. The monoisotopic (exact) mass is 290 g/mol. The third kappa shape index (κ3) is 3.85. The molecule has 0 N–H and O–H groups in total. The lowest BCUT2D eigenvalue weighted by atomic mass is 10.0. The van der Waals surface area contributed by atoms with E-state index in [0.717, 1.165) is 12.8 Å². The molecule has 1 aromatic carbocycles. The first-order valence-electron chi connectivity index (χ1n) is 5.59. The Labute approximate surface area is 104 Å². The molecule has 1 atom stereocenters. The Morgan fingerprint density at radius 1 is 1.19 bits per heavy atom. The molecule has 0 aliphatic heterocycles. The van der Waals surface area contributed by atoms with E-state index in [2.05, 4.69) is 29.8 Å². The molecule has 0 amide bonds. The standard InChI is InChI=1S/C13H17BrF2/c1-9(2)11(14)6-3-5-10-12(15)7-4-8-13(10)16/h4,7-9,11H,3,5-6H2,1-2H3. The summed E-state index contributed by atoms with van der Waals surface area (Å²) >= 11 is 3.57. The van der Waals surface area contributed by atoms with E-state index in [1.54, 1.807) is 0 Å². The summed E-state index contributed by atoms with van der Waals surface area (Å²) in [5.41, 5.74) is 0.214. The number of rotatable bonds is 5. The third-order valence-corrected chi connectivity index (χ3v) is 4.21. The number of hydrogen-bond donors (Lipinski definition) is 0. The highest BCUT2D eigenvalue weighted by Crippen LogP contribution is 2.20. The van der Waals surface area contributed by atoms with E-state index >= 15 is 0 Å². The summed E-state index contributed by atoms with van der Waals surface area (Å²) in [6, 6.07) is 4.02. The predicted molar refractivity (Wildman–Crippen MR) is 66.8 cm³/mol. The predicted octanol–water partition coefficient (Wildman–Crippen LogP) is 4.71. The number of alkyl halides is 1. The van der Waals surface area contributed by atoms with E-state index in [1.807, 2.05) is 0 Å². The fraction of sp³-hybridized carbons (Fsp3) is 0.538. The van der Waals surface area contributed by atoms with Gasteiger partial charge in [-0.2, -0.15) is 0 Å². The highest BCUT2D eigenvalue weighted by molar-refractivity contribution is 9.09. The molecule has 0 fully saturated rings. The molecule has 0 saturated carbocycles. The van der Waals surface area contributed by atoms with Crippen molar-refractivity contribution in [3.63, 3.8) is 0 Å². The minimum absolute atomic E-state index is 0.214. The van der Waals surface area contributed by atoms with Crippen molar-refractivity contribution in [2.75, 3.05) is 0 Å². The van der Waals surface area contributed by atoms with E-state index in [-0.39, 0.29) is 5.56 Å². The van der Waals surface area contributed by atoms with Crippen LogP contribution in [0.15, 0.2) is 18.2 Å². The van der Waals surface area contributed by atoms with Gasteiger partial charge >= 0.3 is 0 Å². The van der Waals surface area contributed by atoms with Crippen LogP contribution >= 0.6 is 15.9 Å². The second kappa shape index (κ2) is 6.33. The van der Waals surface area contributed by atoms with E-state index in [1.165, 1.54) is 18.2 Å². The van der Waals surface area contributed by atoms with Gasteiger partial charge in [0.2, 0.25) is 0 Å². The van der Waals surface area contributed by atoms with Gasteiger partial charge in [-0.1, -0.05) is 35.8 Å². The highest BCUT2D eigenvalue weighted by atomic mass is 79.9. The van der Waals surface area contributed by atoms with Gasteiger partial charge in [0.15, 0.2) is 0 Å². The van der Waals surface area contributed by atoms with Crippen LogP contribution < -0.4 is 0 Å². The molecule has 0 nitrogen and oxygen atoms in total. The number of benzene rings is 1. The second-order valence-electron chi connectivity index (χ2n) is 4.35. The van der Waals surface area contributed by atoms with Crippen molar-refractivity contribution in [1.29, 1.82) is 0 Å². The molecular weight excluding hydrogens is 274 g/mol. The molecular formula is C13H17BrF2. The van der Waals surface area contributed by atoms with Crippen molar-refractivity contribution in [1.82, 2.24) is 0 Å². The first-order chi connectivity index (χ1) is 7.52. The molecule has 0 bridgehead atoms. The number of hydrogen-bond acceptors (Lipinski definition) is 0. The van der Waals surface area contributed by atoms with Crippen LogP contribution in [-0.2, 0) is 6.42 Å². The average Bonchev–Trinajstić information content (AvgIpc) is 2.22. The SMILES string of the molecule is CC(C)C(Br)CCCc1c(F)cccc1F. The minimum atomic E-state index is -0.435. The lowest BCUT2D eigenvalue weighted by Crippen LogP contribution is -2.07. The summed E-state index contributed by atoms with van der Waals surface area (Å²) in [5.74, 6) is -0.322. The Balaban J connectivity index is 2.49. The van der Waals surface area contributed by atoms with Crippen molar-refractivity contribution in [2.24, 2.45) is 5.92 Å². The summed E-state index contributed by atoms with van der Waals surface area (Å²) in [6.45, 7) is 4.26. The summed E-state index contributed by atoms with van der Waals surface area (Å²) < 4.78 is 26.6. The topological polar surface area (TPSA) is 0 Å². The van der Waals surface area contributed by atoms with Gasteiger partial charge in [-0.3, -0.25) is 0 Å². The van der Waals surface area contributed by atoms with Gasteiger partial charge < -0.3 is 0 Å². The quantitative estimate of drug-likeness (QED) is 0.689. The average molecular weight is 291 g/mol. The van der Waals surface area contributed by atoms with Gasteiger partial charge in [-0.05, 0) is 37.3 Å². The van der Waals surface area contributed by atoms with Crippen LogP contribution in [0.4, 0.5) is 8.78 Å². The molecule has 0 radical (unpaired) electrons. The fourth-order valence-electron chi connectivity index (χ4n) is 1.58. The van der Waals surface area contributed by atoms with E-state index in [4.69, 9.17) is 0 Å². The van der Waals surface area contributed by atoms with Gasteiger partial charge in [-0.15, -0.1) is 0 Å². The Morgan fingerprint density at radius 2 is 1.75 bits per heavy atom. The van der Waals surface area contributed by atoms with Crippen molar-refractivity contribution in [3.05, 3.63) is 35.4 Å². The lowest BCUT2D eigenvalue weighted by molar-refractivity contribution is 0.528. The molecule has 16 heavy (non-hydrogen) atoms. The summed E-state index contributed by atoms with van der Waals surface area (Å²) in [4.78, 5) is 0.419. The summed E-state index contributed by atoms with van der Waals surface area (Å²) in [7, 11) is 0. The maximum atomic E-state index is 13.3. The molecule has 1 unspecified atom stereocenters. The first-order valence-corrected chi connectivity index (χ1v) is 6.51. The molecule has 90 valence electrons. The zero-order valence-electron chi connectivity index (χ0n) is 9.64. The van der Waals surface area contributed by atoms with Crippen LogP contribution in [0.5, 0.6) is 0 Å². The van der Waals surface area contributed by atoms with Gasteiger partial charge in [0.1, 0.15) is 11.6 Å². The van der Waals surface area contributed by atoms with Crippen LogP contribution in [0, 0.1) is 17.6 Å². The zero-order valence-corrected chi connectivity index (χ0v) is 11.2. The third-order valence-electron chi connectivity index (χ3n) is 2.69. The van der Waals surface area contributed by atoms with Gasteiger partial charge in [0, 0.05) is 10.4 Å². The smallest absolute Gasteiger partial charge is 0.129 e. The number of halogens is 3.